The summed E-state index contributed by atoms with van der Waals surface area (Å²) in [7, 11) is -3.55. The number of nitrogens with one attached hydrogen (secondary N) is 1. The van der Waals surface area contributed by atoms with Gasteiger partial charge in [-0.2, -0.15) is 0 Å². The van der Waals surface area contributed by atoms with Crippen molar-refractivity contribution in [3.63, 3.8) is 0 Å². The van der Waals surface area contributed by atoms with Crippen molar-refractivity contribution in [2.45, 2.75) is 59.5 Å². The van der Waals surface area contributed by atoms with Crippen LogP contribution in [0.1, 0.15) is 49.8 Å². The normalized spacial score (nSPS) is 12.2. The predicted molar refractivity (Wildman–Crippen MR) is 147 cm³/mol. The molecule has 0 unspecified atom stereocenters. The maximum atomic E-state index is 13.3. The number of amides is 2. The number of rotatable bonds is 12. The first-order valence-corrected chi connectivity index (χ1v) is 14.5. The molecule has 36 heavy (non-hydrogen) atoms. The zero-order valence-electron chi connectivity index (χ0n) is 21.5. The van der Waals surface area contributed by atoms with E-state index in [0.29, 0.717) is 27.8 Å². The third-order valence-corrected chi connectivity index (χ3v) is 7.50. The summed E-state index contributed by atoms with van der Waals surface area (Å²) in [5, 5.41) is 3.71. The Morgan fingerprint density at radius 2 is 1.69 bits per heavy atom. The average Bonchev–Trinajstić information content (AvgIpc) is 2.77. The summed E-state index contributed by atoms with van der Waals surface area (Å²) in [4.78, 5) is 27.5. The monoisotopic (exact) mass is 555 g/mol. The van der Waals surface area contributed by atoms with E-state index in [9.17, 15) is 18.0 Å². The Bertz CT molecular complexity index is 1170. The number of carbonyl (C=O) groups excluding carboxylic acids is 2. The number of halogens is 2. The highest BCUT2D eigenvalue weighted by Gasteiger charge is 2.27. The van der Waals surface area contributed by atoms with Gasteiger partial charge in [-0.25, -0.2) is 8.42 Å². The molecule has 1 N–H and O–H groups in total. The lowest BCUT2D eigenvalue weighted by Gasteiger charge is -2.30. The van der Waals surface area contributed by atoms with E-state index in [1.54, 1.807) is 25.1 Å². The van der Waals surface area contributed by atoms with Crippen molar-refractivity contribution in [2.75, 3.05) is 23.7 Å². The van der Waals surface area contributed by atoms with Crippen LogP contribution in [0.5, 0.6) is 0 Å². The molecule has 2 aromatic carbocycles. The lowest BCUT2D eigenvalue weighted by Crippen LogP contribution is -2.48. The quantitative estimate of drug-likeness (QED) is 0.394. The first kappa shape index (κ1) is 29.9. The SMILES string of the molecule is CCCNC(=O)[C@H](C)N(Cc1ccc(Cl)cc1Cl)C(=O)CCCN(c1cc(C)cc(C)c1)S(C)(=O)=O. The van der Waals surface area contributed by atoms with Crippen LogP contribution in [0.2, 0.25) is 10.0 Å². The van der Waals surface area contributed by atoms with E-state index < -0.39 is 16.1 Å². The van der Waals surface area contributed by atoms with Gasteiger partial charge in [0.25, 0.3) is 0 Å². The summed E-state index contributed by atoms with van der Waals surface area (Å²) < 4.78 is 26.4. The molecule has 0 fully saturated rings. The molecule has 0 saturated carbocycles. The fourth-order valence-corrected chi connectivity index (χ4v) is 5.33. The van der Waals surface area contributed by atoms with Crippen LogP contribution in [0.3, 0.4) is 0 Å². The molecule has 0 bridgehead atoms. The number of nitrogens with zero attached hydrogens (tertiary/aromatic N) is 2. The summed E-state index contributed by atoms with van der Waals surface area (Å²) in [5.74, 6) is -0.530. The highest BCUT2D eigenvalue weighted by Crippen LogP contribution is 2.25. The molecule has 0 radical (unpaired) electrons. The Hall–Kier alpha value is -2.29. The summed E-state index contributed by atoms with van der Waals surface area (Å²) in [6.07, 6.45) is 2.27. The topological polar surface area (TPSA) is 86.8 Å². The van der Waals surface area contributed by atoms with Gasteiger partial charge in [-0.3, -0.25) is 13.9 Å². The smallest absolute Gasteiger partial charge is 0.242 e. The van der Waals surface area contributed by atoms with Crippen LogP contribution in [0.25, 0.3) is 0 Å². The van der Waals surface area contributed by atoms with Gasteiger partial charge in [0.1, 0.15) is 6.04 Å². The molecular formula is C26H35Cl2N3O4S. The van der Waals surface area contributed by atoms with Crippen LogP contribution in [-0.2, 0) is 26.2 Å². The van der Waals surface area contributed by atoms with Crippen LogP contribution >= 0.6 is 23.2 Å². The Balaban J connectivity index is 2.21. The van der Waals surface area contributed by atoms with Crippen molar-refractivity contribution in [1.82, 2.24) is 10.2 Å². The van der Waals surface area contributed by atoms with Gasteiger partial charge in [0, 0.05) is 36.1 Å². The fraction of sp³-hybridized carbons (Fsp3) is 0.462. The molecule has 2 aromatic rings. The second-order valence-corrected chi connectivity index (χ2v) is 11.8. The first-order valence-electron chi connectivity index (χ1n) is 11.9. The molecule has 0 aliphatic rings. The Morgan fingerprint density at radius 1 is 1.06 bits per heavy atom. The zero-order valence-corrected chi connectivity index (χ0v) is 23.8. The number of hydrogen-bond donors (Lipinski definition) is 1. The summed E-state index contributed by atoms with van der Waals surface area (Å²) in [6, 6.07) is 9.86. The third-order valence-electron chi connectivity index (χ3n) is 5.72. The van der Waals surface area contributed by atoms with Crippen LogP contribution in [0.4, 0.5) is 5.69 Å². The fourth-order valence-electron chi connectivity index (χ4n) is 3.91. The van der Waals surface area contributed by atoms with Crippen molar-refractivity contribution in [1.29, 1.82) is 0 Å². The number of aryl methyl sites for hydroxylation is 2. The molecule has 10 heteroatoms. The maximum absolute atomic E-state index is 13.3. The molecule has 0 aliphatic heterocycles. The minimum Gasteiger partial charge on any atom is -0.354 e. The second kappa shape index (κ2) is 13.3. The number of hydrogen-bond acceptors (Lipinski definition) is 4. The third kappa shape index (κ3) is 8.68. The molecule has 198 valence electrons. The Morgan fingerprint density at radius 3 is 2.25 bits per heavy atom. The van der Waals surface area contributed by atoms with Crippen molar-refractivity contribution < 1.29 is 18.0 Å². The summed E-state index contributed by atoms with van der Waals surface area (Å²) in [6.45, 7) is 8.21. The lowest BCUT2D eigenvalue weighted by molar-refractivity contribution is -0.140. The van der Waals surface area contributed by atoms with Crippen LogP contribution in [0, 0.1) is 13.8 Å². The Labute approximate surface area is 224 Å². The molecule has 0 spiro atoms. The van der Waals surface area contributed by atoms with E-state index in [4.69, 9.17) is 23.2 Å². The zero-order chi connectivity index (χ0) is 27.0. The highest BCUT2D eigenvalue weighted by molar-refractivity contribution is 7.92. The van der Waals surface area contributed by atoms with Crippen molar-refractivity contribution in [2.24, 2.45) is 0 Å². The van der Waals surface area contributed by atoms with Gasteiger partial charge in [-0.1, -0.05) is 42.3 Å². The lowest BCUT2D eigenvalue weighted by atomic mass is 10.1. The highest BCUT2D eigenvalue weighted by atomic mass is 35.5. The van der Waals surface area contributed by atoms with Gasteiger partial charge in [0.15, 0.2) is 0 Å². The first-order chi connectivity index (χ1) is 16.8. The van der Waals surface area contributed by atoms with Gasteiger partial charge in [0.05, 0.1) is 11.9 Å². The second-order valence-electron chi connectivity index (χ2n) is 9.01. The van der Waals surface area contributed by atoms with Crippen LogP contribution < -0.4 is 9.62 Å². The molecule has 2 rings (SSSR count). The minimum atomic E-state index is -3.55. The van der Waals surface area contributed by atoms with Gasteiger partial charge < -0.3 is 10.2 Å². The van der Waals surface area contributed by atoms with Gasteiger partial charge in [-0.15, -0.1) is 0 Å². The number of anilines is 1. The predicted octanol–water partition coefficient (Wildman–Crippen LogP) is 5.10. The molecule has 2 amide bonds. The van der Waals surface area contributed by atoms with Crippen molar-refractivity contribution in [3.05, 3.63) is 63.1 Å². The van der Waals surface area contributed by atoms with Crippen molar-refractivity contribution in [3.8, 4) is 0 Å². The molecule has 0 aliphatic carbocycles. The molecule has 0 aromatic heterocycles. The number of sulfonamides is 1. The van der Waals surface area contributed by atoms with Crippen molar-refractivity contribution >= 4 is 50.7 Å². The molecular weight excluding hydrogens is 521 g/mol. The van der Waals surface area contributed by atoms with Gasteiger partial charge >= 0.3 is 0 Å². The number of benzene rings is 2. The molecule has 7 nitrogen and oxygen atoms in total. The summed E-state index contributed by atoms with van der Waals surface area (Å²) in [5.41, 5.74) is 3.14. The molecule has 0 heterocycles. The maximum Gasteiger partial charge on any atom is 0.242 e. The van der Waals surface area contributed by atoms with Crippen LogP contribution in [-0.4, -0.2) is 50.5 Å². The minimum absolute atomic E-state index is 0.0629. The molecule has 1 atom stereocenters. The van der Waals surface area contributed by atoms with E-state index >= 15 is 0 Å². The standard InChI is InChI=1S/C26H35Cl2N3O4S/c1-6-11-29-26(33)20(4)30(17-21-9-10-22(27)16-24(21)28)25(32)8-7-12-31(36(5,34)35)23-14-18(2)13-19(3)15-23/h9-10,13-16,20H,6-8,11-12,17H2,1-5H3,(H,29,33)/t20-/m0/s1. The number of carbonyl (C=O) groups is 2. The Kier molecular flexibility index (Phi) is 11.1. The van der Waals surface area contributed by atoms with E-state index in [1.165, 1.54) is 9.21 Å². The van der Waals surface area contributed by atoms with Gasteiger partial charge in [-0.05, 0) is 74.6 Å². The summed E-state index contributed by atoms with van der Waals surface area (Å²) >= 11 is 12.3. The van der Waals surface area contributed by atoms with E-state index in [-0.39, 0.29) is 37.7 Å². The van der Waals surface area contributed by atoms with Gasteiger partial charge in [0.2, 0.25) is 21.8 Å². The average molecular weight is 557 g/mol. The molecule has 0 saturated heterocycles. The van der Waals surface area contributed by atoms with E-state index in [2.05, 4.69) is 5.32 Å². The van der Waals surface area contributed by atoms with E-state index in [0.717, 1.165) is 23.8 Å². The van der Waals surface area contributed by atoms with E-state index in [1.807, 2.05) is 39.0 Å². The largest absolute Gasteiger partial charge is 0.354 e. The van der Waals surface area contributed by atoms with Crippen LogP contribution in [0.15, 0.2) is 36.4 Å².